The van der Waals surface area contributed by atoms with Crippen molar-refractivity contribution in [3.05, 3.63) is 101 Å². The van der Waals surface area contributed by atoms with Crippen molar-refractivity contribution in [1.29, 1.82) is 0 Å². The molecule has 34 heavy (non-hydrogen) atoms. The fourth-order valence-corrected chi connectivity index (χ4v) is 3.45. The predicted molar refractivity (Wildman–Crippen MR) is 131 cm³/mol. The molecule has 0 fully saturated rings. The zero-order valence-electron chi connectivity index (χ0n) is 19.7. The number of carbonyl (C=O) groups is 1. The van der Waals surface area contributed by atoms with Crippen molar-refractivity contribution < 1.29 is 18.7 Å². The van der Waals surface area contributed by atoms with E-state index in [9.17, 15) is 4.79 Å². The number of ether oxygens (including phenoxy) is 2. The van der Waals surface area contributed by atoms with Crippen molar-refractivity contribution in [1.82, 2.24) is 9.88 Å². The third kappa shape index (κ3) is 5.84. The highest BCUT2D eigenvalue weighted by Gasteiger charge is 2.16. The minimum absolute atomic E-state index is 0.290. The van der Waals surface area contributed by atoms with Crippen LogP contribution >= 0.6 is 0 Å². The zero-order chi connectivity index (χ0) is 23.9. The average Bonchev–Trinajstić information content (AvgIpc) is 3.24. The summed E-state index contributed by atoms with van der Waals surface area (Å²) >= 11 is 0. The lowest BCUT2D eigenvalue weighted by molar-refractivity contribution is 0.152. The molecule has 6 nitrogen and oxygen atoms in total. The molecule has 0 bridgehead atoms. The van der Waals surface area contributed by atoms with E-state index in [1.54, 1.807) is 17.0 Å². The summed E-state index contributed by atoms with van der Waals surface area (Å²) in [5.41, 5.74) is 3.74. The summed E-state index contributed by atoms with van der Waals surface area (Å²) < 4.78 is 17.3. The minimum Gasteiger partial charge on any atom is -0.487 e. The van der Waals surface area contributed by atoms with Gasteiger partial charge in [0.1, 0.15) is 29.6 Å². The lowest BCUT2D eigenvalue weighted by atomic mass is 10.2. The van der Waals surface area contributed by atoms with Gasteiger partial charge in [-0.05, 0) is 62.7 Å². The van der Waals surface area contributed by atoms with Crippen molar-refractivity contribution in [3.8, 4) is 23.0 Å². The Labute approximate surface area is 199 Å². The number of hydrogen-bond acceptors (Lipinski definition) is 5. The van der Waals surface area contributed by atoms with E-state index in [2.05, 4.69) is 4.98 Å². The monoisotopic (exact) mass is 456 g/mol. The van der Waals surface area contributed by atoms with Crippen LogP contribution < -0.4 is 9.47 Å². The fourth-order valence-electron chi connectivity index (χ4n) is 3.45. The van der Waals surface area contributed by atoms with E-state index in [1.807, 2.05) is 87.5 Å². The first-order chi connectivity index (χ1) is 16.5. The fraction of sp³-hybridized carbons (Fsp3) is 0.214. The van der Waals surface area contributed by atoms with Gasteiger partial charge in [-0.25, -0.2) is 9.78 Å². The Morgan fingerprint density at radius 1 is 0.941 bits per heavy atom. The predicted octanol–water partition coefficient (Wildman–Crippen LogP) is 6.56. The lowest BCUT2D eigenvalue weighted by Crippen LogP contribution is -2.32. The van der Waals surface area contributed by atoms with Gasteiger partial charge in [-0.3, -0.25) is 0 Å². The van der Waals surface area contributed by atoms with Crippen LogP contribution in [-0.4, -0.2) is 22.5 Å². The highest BCUT2D eigenvalue weighted by Crippen LogP contribution is 2.23. The maximum absolute atomic E-state index is 12.6. The first-order valence-electron chi connectivity index (χ1n) is 11.3. The molecule has 0 spiro atoms. The van der Waals surface area contributed by atoms with E-state index >= 15 is 0 Å². The van der Waals surface area contributed by atoms with Gasteiger partial charge in [-0.1, -0.05) is 48.0 Å². The van der Waals surface area contributed by atoms with Crippen molar-refractivity contribution >= 4 is 6.09 Å². The molecule has 1 amide bonds. The van der Waals surface area contributed by atoms with Gasteiger partial charge in [0.05, 0.1) is 0 Å². The van der Waals surface area contributed by atoms with Crippen LogP contribution in [0.3, 0.4) is 0 Å². The van der Waals surface area contributed by atoms with E-state index < -0.39 is 0 Å². The second-order valence-corrected chi connectivity index (χ2v) is 8.02. The summed E-state index contributed by atoms with van der Waals surface area (Å²) in [5, 5.41) is 0. The van der Waals surface area contributed by atoms with Crippen LogP contribution in [0.25, 0.3) is 11.5 Å². The number of oxazole rings is 1. The molecule has 0 aliphatic heterocycles. The first-order valence-corrected chi connectivity index (χ1v) is 11.3. The molecule has 0 saturated carbocycles. The Morgan fingerprint density at radius 3 is 2.44 bits per heavy atom. The summed E-state index contributed by atoms with van der Waals surface area (Å²) in [6.45, 7) is 7.03. The Kier molecular flexibility index (Phi) is 7.28. The van der Waals surface area contributed by atoms with Gasteiger partial charge in [0.2, 0.25) is 5.89 Å². The molecule has 0 saturated heterocycles. The molecule has 1 heterocycles. The van der Waals surface area contributed by atoms with Crippen molar-refractivity contribution in [2.45, 2.75) is 33.9 Å². The molecule has 0 radical (unpaired) electrons. The molecule has 4 rings (SSSR count). The van der Waals surface area contributed by atoms with Crippen LogP contribution in [0.2, 0.25) is 0 Å². The minimum atomic E-state index is -0.385. The summed E-state index contributed by atoms with van der Waals surface area (Å²) in [6, 6.07) is 24.9. The van der Waals surface area contributed by atoms with Gasteiger partial charge in [0.15, 0.2) is 0 Å². The summed E-state index contributed by atoms with van der Waals surface area (Å²) in [7, 11) is 0. The SMILES string of the molecule is CCN(Cc1cccc(OCc2nc(-c3ccccc3)oc2C)c1)C(=O)Oc1ccc(C)cc1. The van der Waals surface area contributed by atoms with Gasteiger partial charge in [0, 0.05) is 18.7 Å². The number of rotatable bonds is 8. The topological polar surface area (TPSA) is 64.8 Å². The number of amides is 1. The molecular weight excluding hydrogens is 428 g/mol. The molecule has 174 valence electrons. The van der Waals surface area contributed by atoms with E-state index in [0.29, 0.717) is 37.1 Å². The summed E-state index contributed by atoms with van der Waals surface area (Å²) in [5.74, 6) is 2.54. The number of aromatic nitrogens is 1. The third-order valence-electron chi connectivity index (χ3n) is 5.43. The highest BCUT2D eigenvalue weighted by atomic mass is 16.6. The maximum Gasteiger partial charge on any atom is 0.415 e. The quantitative estimate of drug-likeness (QED) is 0.300. The Balaban J connectivity index is 1.38. The Hall–Kier alpha value is -4.06. The molecule has 0 atom stereocenters. The smallest absolute Gasteiger partial charge is 0.415 e. The van der Waals surface area contributed by atoms with Crippen LogP contribution in [-0.2, 0) is 13.2 Å². The Morgan fingerprint density at radius 2 is 1.71 bits per heavy atom. The molecule has 4 aromatic rings. The summed E-state index contributed by atoms with van der Waals surface area (Å²) in [6.07, 6.45) is -0.385. The van der Waals surface area contributed by atoms with Crippen molar-refractivity contribution in [2.24, 2.45) is 0 Å². The second-order valence-electron chi connectivity index (χ2n) is 8.02. The van der Waals surface area contributed by atoms with E-state index in [4.69, 9.17) is 13.9 Å². The highest BCUT2D eigenvalue weighted by molar-refractivity contribution is 5.70. The normalized spacial score (nSPS) is 10.7. The van der Waals surface area contributed by atoms with Gasteiger partial charge in [-0.2, -0.15) is 0 Å². The molecular formula is C28H28N2O4. The van der Waals surface area contributed by atoms with E-state index in [1.165, 1.54) is 0 Å². The number of benzene rings is 3. The number of aryl methyl sites for hydroxylation is 2. The van der Waals surface area contributed by atoms with Crippen LogP contribution in [0.1, 0.15) is 29.5 Å². The number of hydrogen-bond donors (Lipinski definition) is 0. The van der Waals surface area contributed by atoms with Crippen molar-refractivity contribution in [2.75, 3.05) is 6.54 Å². The van der Waals surface area contributed by atoms with Crippen LogP contribution in [0.5, 0.6) is 11.5 Å². The van der Waals surface area contributed by atoms with Crippen LogP contribution in [0.15, 0.2) is 83.3 Å². The number of carbonyl (C=O) groups excluding carboxylic acids is 1. The molecule has 0 aliphatic carbocycles. The average molecular weight is 457 g/mol. The molecule has 3 aromatic carbocycles. The van der Waals surface area contributed by atoms with Crippen LogP contribution in [0.4, 0.5) is 4.79 Å². The van der Waals surface area contributed by atoms with Crippen LogP contribution in [0, 0.1) is 13.8 Å². The first kappa shape index (κ1) is 23.1. The lowest BCUT2D eigenvalue weighted by Gasteiger charge is -2.20. The summed E-state index contributed by atoms with van der Waals surface area (Å²) in [4.78, 5) is 18.9. The molecule has 1 aromatic heterocycles. The molecule has 6 heteroatoms. The maximum atomic E-state index is 12.6. The standard InChI is InChI=1S/C28H28N2O4/c1-4-30(28(31)34-24-15-13-20(2)14-16-24)18-22-9-8-12-25(17-22)32-19-26-21(3)33-27(29-26)23-10-6-5-7-11-23/h5-17H,4,18-19H2,1-3H3. The van der Waals surface area contributed by atoms with Gasteiger partial charge < -0.3 is 18.8 Å². The molecule has 0 N–H and O–H groups in total. The second kappa shape index (κ2) is 10.7. The van der Waals surface area contributed by atoms with Gasteiger partial charge >= 0.3 is 6.09 Å². The third-order valence-corrected chi connectivity index (χ3v) is 5.43. The molecule has 0 unspecified atom stereocenters. The van der Waals surface area contributed by atoms with Gasteiger partial charge in [0.25, 0.3) is 0 Å². The van der Waals surface area contributed by atoms with Gasteiger partial charge in [-0.15, -0.1) is 0 Å². The van der Waals surface area contributed by atoms with E-state index in [-0.39, 0.29) is 6.09 Å². The zero-order valence-corrected chi connectivity index (χ0v) is 19.7. The number of nitrogens with zero attached hydrogens (tertiary/aromatic N) is 2. The van der Waals surface area contributed by atoms with E-state index in [0.717, 1.165) is 28.1 Å². The Bertz CT molecular complexity index is 1230. The van der Waals surface area contributed by atoms with Crippen molar-refractivity contribution in [3.63, 3.8) is 0 Å². The largest absolute Gasteiger partial charge is 0.487 e. The molecule has 0 aliphatic rings.